The average Bonchev–Trinajstić information content (AvgIpc) is 2.91. The van der Waals surface area contributed by atoms with Crippen molar-refractivity contribution in [2.45, 2.75) is 26.0 Å². The molecule has 0 saturated carbocycles. The number of β-lactam (4-membered cyclic amide) rings is 1. The molecule has 2 amide bonds. The van der Waals surface area contributed by atoms with Crippen molar-refractivity contribution in [1.29, 1.82) is 5.41 Å². The fourth-order valence-electron chi connectivity index (χ4n) is 2.09. The second-order valence-corrected chi connectivity index (χ2v) is 9.89. The maximum Gasteiger partial charge on any atom is 1.00 e. The van der Waals surface area contributed by atoms with Crippen LogP contribution in [0.4, 0.5) is 0 Å². The van der Waals surface area contributed by atoms with Crippen molar-refractivity contribution in [3.8, 4) is 0 Å². The molecular formula is C12H16N5NaO8S3. The van der Waals surface area contributed by atoms with Crippen molar-refractivity contribution >= 4 is 49.2 Å². The molecule has 0 aromatic carbocycles. The summed E-state index contributed by atoms with van der Waals surface area (Å²) in [7, 11) is -8.95. The SMILES string of the molecule is CC(C)O/N=C(/C(=O)NC1CN(S(=O)(=O)[O-])C1=O)c1csc(=N)n1S(C)(=O)=O.[Na+]. The van der Waals surface area contributed by atoms with Crippen LogP contribution in [0.1, 0.15) is 19.5 Å². The Morgan fingerprint density at radius 3 is 2.45 bits per heavy atom. The van der Waals surface area contributed by atoms with Gasteiger partial charge in [0.2, 0.25) is 10.0 Å². The zero-order valence-corrected chi connectivity index (χ0v) is 20.2. The molecule has 1 aliphatic heterocycles. The van der Waals surface area contributed by atoms with E-state index < -0.39 is 61.3 Å². The van der Waals surface area contributed by atoms with Crippen molar-refractivity contribution in [3.63, 3.8) is 0 Å². The second-order valence-electron chi connectivity index (χ2n) is 5.90. The van der Waals surface area contributed by atoms with Gasteiger partial charge in [0.25, 0.3) is 11.8 Å². The summed E-state index contributed by atoms with van der Waals surface area (Å²) in [6, 6.07) is -1.30. The molecule has 1 fully saturated rings. The number of nitrogens with zero attached hydrogens (tertiary/aromatic N) is 3. The first-order valence-electron chi connectivity index (χ1n) is 7.51. The summed E-state index contributed by atoms with van der Waals surface area (Å²) in [6.45, 7) is 2.63. The number of carbonyl (C=O) groups excluding carboxylic acids is 2. The first kappa shape index (κ1) is 25.7. The Kier molecular flexibility index (Phi) is 8.20. The molecule has 17 heteroatoms. The molecule has 0 spiro atoms. The van der Waals surface area contributed by atoms with Crippen LogP contribution < -0.4 is 39.7 Å². The molecule has 1 saturated heterocycles. The molecule has 29 heavy (non-hydrogen) atoms. The molecule has 0 aliphatic carbocycles. The van der Waals surface area contributed by atoms with Crippen LogP contribution in [0.15, 0.2) is 10.5 Å². The number of rotatable bonds is 7. The zero-order valence-electron chi connectivity index (χ0n) is 15.8. The van der Waals surface area contributed by atoms with E-state index in [4.69, 9.17) is 10.2 Å². The van der Waals surface area contributed by atoms with Crippen molar-refractivity contribution in [2.75, 3.05) is 12.8 Å². The number of hydrogen-bond donors (Lipinski definition) is 2. The van der Waals surface area contributed by atoms with Crippen LogP contribution in [-0.2, 0) is 34.8 Å². The van der Waals surface area contributed by atoms with Crippen LogP contribution in [0, 0.1) is 5.41 Å². The Morgan fingerprint density at radius 2 is 2.00 bits per heavy atom. The minimum absolute atomic E-state index is 0. The van der Waals surface area contributed by atoms with Gasteiger partial charge >= 0.3 is 29.6 Å². The maximum atomic E-state index is 12.6. The predicted octanol–water partition coefficient (Wildman–Crippen LogP) is -5.24. The number of aromatic nitrogens is 1. The van der Waals surface area contributed by atoms with E-state index in [0.29, 0.717) is 3.97 Å². The molecule has 0 bridgehead atoms. The van der Waals surface area contributed by atoms with Crippen LogP contribution >= 0.6 is 11.3 Å². The molecule has 2 heterocycles. The summed E-state index contributed by atoms with van der Waals surface area (Å²) in [6.07, 6.45) is 0.349. The van der Waals surface area contributed by atoms with Crippen LogP contribution in [0.25, 0.3) is 0 Å². The first-order valence-corrected chi connectivity index (χ1v) is 11.6. The third kappa shape index (κ3) is 5.87. The standard InChI is InChI=1S/C12H17N5O8S3.Na/c1-6(2)25-15-9(8-5-26-12(13)17(8)27(3,20)21)10(18)14-7-4-16(11(7)19)28(22,23)24;/h5-7,13H,4H2,1-3H3,(H,14,18)(H,22,23,24);/q;+1/p-1/b13-12?,15-9+;. The summed E-state index contributed by atoms with van der Waals surface area (Å²) in [5.41, 5.74) is -0.805. The normalized spacial score (nSPS) is 17.6. The van der Waals surface area contributed by atoms with Gasteiger partial charge in [-0.2, -0.15) is 0 Å². The molecule has 2 N–H and O–H groups in total. The summed E-state index contributed by atoms with van der Waals surface area (Å²) >= 11 is 0.719. The van der Waals surface area contributed by atoms with Crippen LogP contribution in [-0.4, -0.2) is 72.1 Å². The number of hydrogen-bond acceptors (Lipinski definition) is 11. The fourth-order valence-corrected chi connectivity index (χ4v) is 4.80. The number of nitrogens with one attached hydrogen (secondary N) is 2. The van der Waals surface area contributed by atoms with E-state index in [0.717, 1.165) is 17.6 Å². The molecule has 1 aromatic rings. The minimum Gasteiger partial charge on any atom is -0.731 e. The van der Waals surface area contributed by atoms with Crippen LogP contribution in [0.5, 0.6) is 0 Å². The quantitative estimate of drug-likeness (QED) is 0.128. The zero-order chi connectivity index (χ0) is 21.4. The topological polar surface area (TPSA) is 191 Å². The number of thiazole rings is 1. The molecule has 1 atom stereocenters. The minimum atomic E-state index is -4.98. The Morgan fingerprint density at radius 1 is 1.41 bits per heavy atom. The van der Waals surface area contributed by atoms with E-state index >= 15 is 0 Å². The summed E-state index contributed by atoms with van der Waals surface area (Å²) in [5, 5.41) is 14.7. The molecule has 1 aliphatic rings. The number of carbonyl (C=O) groups is 2. The molecule has 0 radical (unpaired) electrons. The first-order chi connectivity index (χ1) is 12.7. The van der Waals surface area contributed by atoms with Crippen molar-refractivity contribution in [1.82, 2.24) is 13.6 Å². The van der Waals surface area contributed by atoms with E-state index in [9.17, 15) is 31.0 Å². The predicted molar refractivity (Wildman–Crippen MR) is 94.5 cm³/mol. The van der Waals surface area contributed by atoms with Crippen molar-refractivity contribution < 1.29 is 65.4 Å². The van der Waals surface area contributed by atoms with Gasteiger partial charge in [-0.1, -0.05) is 5.16 Å². The summed E-state index contributed by atoms with van der Waals surface area (Å²) in [5.74, 6) is -2.17. The van der Waals surface area contributed by atoms with Crippen LogP contribution in [0.2, 0.25) is 0 Å². The second kappa shape index (κ2) is 9.23. The molecule has 1 aromatic heterocycles. The van der Waals surface area contributed by atoms with Gasteiger partial charge in [0.15, 0.2) is 20.8 Å². The fraction of sp³-hybridized carbons (Fsp3) is 0.500. The Bertz CT molecular complexity index is 1100. The van der Waals surface area contributed by atoms with Gasteiger partial charge in [0.1, 0.15) is 17.8 Å². The van der Waals surface area contributed by atoms with Gasteiger partial charge in [-0.3, -0.25) is 15.0 Å². The Hall–Kier alpha value is -1.30. The monoisotopic (exact) mass is 477 g/mol. The van der Waals surface area contributed by atoms with E-state index in [1.165, 1.54) is 5.38 Å². The molecule has 2 rings (SSSR count). The van der Waals surface area contributed by atoms with Gasteiger partial charge in [-0.05, 0) is 13.8 Å². The third-order valence-corrected chi connectivity index (χ3v) is 6.07. The Labute approximate surface area is 192 Å². The van der Waals surface area contributed by atoms with Gasteiger partial charge in [-0.15, -0.1) is 11.3 Å². The van der Waals surface area contributed by atoms with Crippen molar-refractivity contribution in [2.24, 2.45) is 5.16 Å². The van der Waals surface area contributed by atoms with Gasteiger partial charge in [0.05, 0.1) is 12.8 Å². The summed E-state index contributed by atoms with van der Waals surface area (Å²) < 4.78 is 57.1. The van der Waals surface area contributed by atoms with E-state index in [2.05, 4.69) is 10.5 Å². The van der Waals surface area contributed by atoms with E-state index in [-0.39, 0.29) is 39.6 Å². The summed E-state index contributed by atoms with van der Waals surface area (Å²) in [4.78, 5) is 28.9. The third-order valence-electron chi connectivity index (χ3n) is 3.30. The molecule has 1 unspecified atom stereocenters. The molecule has 156 valence electrons. The van der Waals surface area contributed by atoms with Crippen LogP contribution in [0.3, 0.4) is 0 Å². The maximum absolute atomic E-state index is 12.6. The number of oxime groups is 1. The molecule has 13 nitrogen and oxygen atoms in total. The van der Waals surface area contributed by atoms with E-state index in [1.807, 2.05) is 0 Å². The molecular weight excluding hydrogens is 461 g/mol. The van der Waals surface area contributed by atoms with Crippen molar-refractivity contribution in [3.05, 3.63) is 15.9 Å². The largest absolute Gasteiger partial charge is 1.00 e. The smallest absolute Gasteiger partial charge is 0.731 e. The van der Waals surface area contributed by atoms with E-state index in [1.54, 1.807) is 13.8 Å². The average molecular weight is 477 g/mol. The Balaban J connectivity index is 0.00000420. The number of amides is 2. The van der Waals surface area contributed by atoms with Gasteiger partial charge < -0.3 is 14.7 Å². The van der Waals surface area contributed by atoms with Gasteiger partial charge in [-0.25, -0.2) is 25.1 Å². The van der Waals surface area contributed by atoms with Gasteiger partial charge in [0, 0.05) is 5.38 Å².